The first-order valence-corrected chi connectivity index (χ1v) is 8.89. The lowest BCUT2D eigenvalue weighted by Crippen LogP contribution is -2.28. The number of carbonyl (C=O) groups is 1. The van der Waals surface area contributed by atoms with Crippen LogP contribution in [-0.4, -0.2) is 25.2 Å². The molecule has 4 rings (SSSR count). The summed E-state index contributed by atoms with van der Waals surface area (Å²) in [6.07, 6.45) is 2.87. The van der Waals surface area contributed by atoms with Crippen LogP contribution < -0.4 is 10.9 Å². The van der Waals surface area contributed by atoms with E-state index in [2.05, 4.69) is 15.4 Å². The lowest BCUT2D eigenvalue weighted by atomic mass is 10.1. The largest absolute Gasteiger partial charge is 0.324 e. The summed E-state index contributed by atoms with van der Waals surface area (Å²) in [5.74, 6) is -0.285. The molecule has 4 aromatic rings. The number of rotatable bonds is 4. The lowest BCUT2D eigenvalue weighted by Gasteiger charge is -2.11. The zero-order valence-corrected chi connectivity index (χ0v) is 15.6. The normalized spacial score (nSPS) is 10.9. The molecule has 7 heteroatoms. The number of nitrogens with zero attached hydrogens (tertiary/aromatic N) is 4. The van der Waals surface area contributed by atoms with E-state index in [1.165, 1.54) is 17.1 Å². The van der Waals surface area contributed by atoms with Gasteiger partial charge in [0.1, 0.15) is 18.3 Å². The van der Waals surface area contributed by atoms with Gasteiger partial charge >= 0.3 is 0 Å². The second kappa shape index (κ2) is 7.11. The molecule has 0 aliphatic heterocycles. The van der Waals surface area contributed by atoms with Gasteiger partial charge in [-0.05, 0) is 43.2 Å². The standard InChI is InChI=1S/C21H19N5O2/c1-14-7-6-10-18(15(14)2)24-19(27)12-25-13-22-20-17(21(25)28)11-23-26(20)16-8-4-3-5-9-16/h3-11,13H,12H2,1-2H3,(H,24,27). The van der Waals surface area contributed by atoms with E-state index in [0.29, 0.717) is 11.0 Å². The number of para-hydroxylation sites is 1. The van der Waals surface area contributed by atoms with Crippen LogP contribution in [0.4, 0.5) is 5.69 Å². The van der Waals surface area contributed by atoms with E-state index < -0.39 is 0 Å². The highest BCUT2D eigenvalue weighted by Crippen LogP contribution is 2.18. The van der Waals surface area contributed by atoms with Crippen LogP contribution in [0, 0.1) is 13.8 Å². The van der Waals surface area contributed by atoms with Gasteiger partial charge in [-0.2, -0.15) is 5.10 Å². The smallest absolute Gasteiger partial charge is 0.264 e. The van der Waals surface area contributed by atoms with E-state index >= 15 is 0 Å². The third-order valence-corrected chi connectivity index (χ3v) is 4.75. The van der Waals surface area contributed by atoms with Crippen molar-refractivity contribution < 1.29 is 4.79 Å². The summed E-state index contributed by atoms with van der Waals surface area (Å²) in [7, 11) is 0. The molecule has 7 nitrogen and oxygen atoms in total. The van der Waals surface area contributed by atoms with Crippen molar-refractivity contribution in [1.82, 2.24) is 19.3 Å². The molecular formula is C21H19N5O2. The Kier molecular flexibility index (Phi) is 4.49. The monoisotopic (exact) mass is 373 g/mol. The topological polar surface area (TPSA) is 81.8 Å². The maximum absolute atomic E-state index is 12.8. The van der Waals surface area contributed by atoms with Crippen molar-refractivity contribution in [3.63, 3.8) is 0 Å². The van der Waals surface area contributed by atoms with E-state index in [1.807, 2.05) is 62.4 Å². The maximum atomic E-state index is 12.8. The summed E-state index contributed by atoms with van der Waals surface area (Å²) in [5, 5.41) is 7.50. The summed E-state index contributed by atoms with van der Waals surface area (Å²) in [6, 6.07) is 15.2. The van der Waals surface area contributed by atoms with Crippen LogP contribution in [0.5, 0.6) is 0 Å². The van der Waals surface area contributed by atoms with Crippen LogP contribution in [-0.2, 0) is 11.3 Å². The third kappa shape index (κ3) is 3.18. The highest BCUT2D eigenvalue weighted by Gasteiger charge is 2.13. The van der Waals surface area contributed by atoms with E-state index in [1.54, 1.807) is 4.68 Å². The molecule has 1 N–H and O–H groups in total. The van der Waals surface area contributed by atoms with Crippen molar-refractivity contribution >= 4 is 22.6 Å². The molecule has 0 saturated heterocycles. The molecule has 0 fully saturated rings. The Morgan fingerprint density at radius 2 is 1.86 bits per heavy atom. The molecule has 2 aromatic heterocycles. The number of aromatic nitrogens is 4. The molecule has 140 valence electrons. The van der Waals surface area contributed by atoms with Crippen LogP contribution in [0.25, 0.3) is 16.7 Å². The Labute approximate surface area is 161 Å². The zero-order valence-electron chi connectivity index (χ0n) is 15.6. The minimum absolute atomic E-state index is 0.119. The summed E-state index contributed by atoms with van der Waals surface area (Å²) in [5.41, 5.74) is 3.80. The first-order chi connectivity index (χ1) is 13.5. The third-order valence-electron chi connectivity index (χ3n) is 4.75. The Hall–Kier alpha value is -3.74. The number of amides is 1. The molecule has 0 spiro atoms. The van der Waals surface area contributed by atoms with Gasteiger partial charge in [0.25, 0.3) is 5.56 Å². The summed E-state index contributed by atoms with van der Waals surface area (Å²) < 4.78 is 2.90. The molecule has 0 radical (unpaired) electrons. The van der Waals surface area contributed by atoms with Crippen molar-refractivity contribution in [2.75, 3.05) is 5.32 Å². The van der Waals surface area contributed by atoms with Crippen LogP contribution in [0.1, 0.15) is 11.1 Å². The first kappa shape index (κ1) is 17.7. The van der Waals surface area contributed by atoms with Gasteiger partial charge in [0.2, 0.25) is 5.91 Å². The maximum Gasteiger partial charge on any atom is 0.264 e. The summed E-state index contributed by atoms with van der Waals surface area (Å²) >= 11 is 0. The predicted molar refractivity (Wildman–Crippen MR) is 108 cm³/mol. The van der Waals surface area contributed by atoms with Gasteiger partial charge < -0.3 is 5.32 Å². The number of aryl methyl sites for hydroxylation is 1. The van der Waals surface area contributed by atoms with E-state index in [9.17, 15) is 9.59 Å². The quantitative estimate of drug-likeness (QED) is 0.596. The Morgan fingerprint density at radius 3 is 2.64 bits per heavy atom. The van der Waals surface area contributed by atoms with Gasteiger partial charge in [-0.3, -0.25) is 14.2 Å². The zero-order chi connectivity index (χ0) is 19.7. The minimum Gasteiger partial charge on any atom is -0.324 e. The summed E-state index contributed by atoms with van der Waals surface area (Å²) in [6.45, 7) is 3.81. The fourth-order valence-electron chi connectivity index (χ4n) is 3.05. The Balaban J connectivity index is 1.61. The first-order valence-electron chi connectivity index (χ1n) is 8.89. The Morgan fingerprint density at radius 1 is 1.07 bits per heavy atom. The highest BCUT2D eigenvalue weighted by molar-refractivity contribution is 5.91. The van der Waals surface area contributed by atoms with Crippen molar-refractivity contribution in [3.8, 4) is 5.69 Å². The molecule has 0 bridgehead atoms. The number of hydrogen-bond donors (Lipinski definition) is 1. The second-order valence-electron chi connectivity index (χ2n) is 6.60. The number of hydrogen-bond acceptors (Lipinski definition) is 4. The number of fused-ring (bicyclic) bond motifs is 1. The molecule has 0 saturated carbocycles. The molecule has 28 heavy (non-hydrogen) atoms. The molecule has 2 heterocycles. The van der Waals surface area contributed by atoms with Crippen LogP contribution in [0.3, 0.4) is 0 Å². The molecule has 0 aliphatic rings. The molecular weight excluding hydrogens is 354 g/mol. The van der Waals surface area contributed by atoms with Crippen LogP contribution >= 0.6 is 0 Å². The van der Waals surface area contributed by atoms with E-state index in [4.69, 9.17) is 0 Å². The van der Waals surface area contributed by atoms with E-state index in [0.717, 1.165) is 22.5 Å². The minimum atomic E-state index is -0.303. The number of carbonyl (C=O) groups excluding carboxylic acids is 1. The van der Waals surface area contributed by atoms with Crippen molar-refractivity contribution in [3.05, 3.63) is 82.5 Å². The van der Waals surface area contributed by atoms with Gasteiger partial charge in [-0.1, -0.05) is 30.3 Å². The molecule has 0 unspecified atom stereocenters. The molecule has 2 aromatic carbocycles. The van der Waals surface area contributed by atoms with Crippen molar-refractivity contribution in [1.29, 1.82) is 0 Å². The predicted octanol–water partition coefficient (Wildman–Crippen LogP) is 2.84. The van der Waals surface area contributed by atoms with Crippen molar-refractivity contribution in [2.24, 2.45) is 0 Å². The van der Waals surface area contributed by atoms with Crippen LogP contribution in [0.2, 0.25) is 0 Å². The van der Waals surface area contributed by atoms with Gasteiger partial charge in [0.05, 0.1) is 11.9 Å². The number of nitrogens with one attached hydrogen (secondary N) is 1. The second-order valence-corrected chi connectivity index (χ2v) is 6.60. The summed E-state index contributed by atoms with van der Waals surface area (Å²) in [4.78, 5) is 29.6. The van der Waals surface area contributed by atoms with E-state index in [-0.39, 0.29) is 18.0 Å². The highest BCUT2D eigenvalue weighted by atomic mass is 16.2. The SMILES string of the molecule is Cc1cccc(NC(=O)Cn2cnc3c(cnn3-c3ccccc3)c2=O)c1C. The average Bonchev–Trinajstić information content (AvgIpc) is 3.13. The van der Waals surface area contributed by atoms with Crippen molar-refractivity contribution in [2.45, 2.75) is 20.4 Å². The van der Waals surface area contributed by atoms with Gasteiger partial charge in [-0.25, -0.2) is 9.67 Å². The van der Waals surface area contributed by atoms with Gasteiger partial charge in [-0.15, -0.1) is 0 Å². The molecule has 0 atom stereocenters. The lowest BCUT2D eigenvalue weighted by molar-refractivity contribution is -0.116. The van der Waals surface area contributed by atoms with Gasteiger partial charge in [0, 0.05) is 5.69 Å². The van der Waals surface area contributed by atoms with Gasteiger partial charge in [0.15, 0.2) is 5.65 Å². The fraction of sp³-hybridized carbons (Fsp3) is 0.143. The fourth-order valence-corrected chi connectivity index (χ4v) is 3.05. The number of anilines is 1. The molecule has 0 aliphatic carbocycles. The average molecular weight is 373 g/mol. The Bertz CT molecular complexity index is 1220. The number of benzene rings is 2. The molecule has 1 amide bonds. The van der Waals surface area contributed by atoms with Crippen LogP contribution in [0.15, 0.2) is 65.8 Å².